The fraction of sp³-hybridized carbons (Fsp3) is 0.381. The standard InChI is InChI=1S/C21H24N2O8S2/c1-14(24)22-12-15-4-7-20(32-15)17(25)13-31-21(26)3-2-8-23-33(27,28)16-5-6-18-19(11-16)30-10-9-29-18/h4-7,11,23H,2-3,8-10,12-13H2,1H3,(H,22,24). The number of sulfonamides is 1. The van der Waals surface area contributed by atoms with E-state index in [4.69, 9.17) is 14.2 Å². The van der Waals surface area contributed by atoms with Gasteiger partial charge in [-0.15, -0.1) is 11.3 Å². The van der Waals surface area contributed by atoms with E-state index in [1.807, 2.05) is 0 Å². The number of ketones is 1. The second-order valence-electron chi connectivity index (χ2n) is 7.07. The Morgan fingerprint density at radius 3 is 2.61 bits per heavy atom. The zero-order chi connectivity index (χ0) is 23.8. The van der Waals surface area contributed by atoms with E-state index < -0.39 is 22.6 Å². The fourth-order valence-electron chi connectivity index (χ4n) is 2.84. The van der Waals surface area contributed by atoms with Crippen LogP contribution in [0.4, 0.5) is 0 Å². The predicted octanol–water partition coefficient (Wildman–Crippen LogP) is 1.64. The van der Waals surface area contributed by atoms with Crippen molar-refractivity contribution in [3.05, 3.63) is 40.1 Å². The Hall–Kier alpha value is -2.96. The third-order valence-corrected chi connectivity index (χ3v) is 7.07. The maximum Gasteiger partial charge on any atom is 0.306 e. The van der Waals surface area contributed by atoms with Gasteiger partial charge in [0, 0.05) is 30.8 Å². The first-order chi connectivity index (χ1) is 15.7. The third kappa shape index (κ3) is 7.27. The average Bonchev–Trinajstić information content (AvgIpc) is 3.28. The van der Waals surface area contributed by atoms with Gasteiger partial charge in [-0.3, -0.25) is 14.4 Å². The summed E-state index contributed by atoms with van der Waals surface area (Å²) in [5, 5.41) is 2.64. The number of thiophene rings is 1. The minimum atomic E-state index is -3.78. The Labute approximate surface area is 195 Å². The first-order valence-corrected chi connectivity index (χ1v) is 12.5. The number of ether oxygens (including phenoxy) is 3. The van der Waals surface area contributed by atoms with Gasteiger partial charge < -0.3 is 19.5 Å². The van der Waals surface area contributed by atoms with Crippen LogP contribution in [0.3, 0.4) is 0 Å². The number of rotatable bonds is 11. The number of fused-ring (bicyclic) bond motifs is 1. The van der Waals surface area contributed by atoms with Crippen molar-refractivity contribution in [2.24, 2.45) is 0 Å². The highest BCUT2D eigenvalue weighted by atomic mass is 32.2. The van der Waals surface area contributed by atoms with Gasteiger partial charge in [-0.2, -0.15) is 0 Å². The second kappa shape index (κ2) is 11.3. The number of Topliss-reactive ketones (excluding diaryl/α,β-unsaturated/α-hetero) is 1. The molecule has 0 fully saturated rings. The molecule has 10 nitrogen and oxygen atoms in total. The highest BCUT2D eigenvalue weighted by Crippen LogP contribution is 2.32. The van der Waals surface area contributed by atoms with E-state index in [-0.39, 0.29) is 36.0 Å². The number of benzene rings is 1. The molecule has 1 aromatic heterocycles. The van der Waals surface area contributed by atoms with Crippen LogP contribution in [-0.4, -0.2) is 52.4 Å². The molecule has 1 aliphatic heterocycles. The number of carbonyl (C=O) groups is 3. The summed E-state index contributed by atoms with van der Waals surface area (Å²) in [7, 11) is -3.78. The number of hydrogen-bond donors (Lipinski definition) is 2. The van der Waals surface area contributed by atoms with E-state index >= 15 is 0 Å². The average molecular weight is 497 g/mol. The summed E-state index contributed by atoms with van der Waals surface area (Å²) in [6, 6.07) is 7.69. The van der Waals surface area contributed by atoms with Crippen LogP contribution < -0.4 is 19.5 Å². The molecule has 1 aliphatic rings. The summed E-state index contributed by atoms with van der Waals surface area (Å²) in [5.41, 5.74) is 0. The molecule has 1 amide bonds. The van der Waals surface area contributed by atoms with Crippen molar-refractivity contribution in [3.8, 4) is 11.5 Å². The van der Waals surface area contributed by atoms with E-state index in [0.29, 0.717) is 36.1 Å². The van der Waals surface area contributed by atoms with Gasteiger partial charge in [0.1, 0.15) is 13.2 Å². The molecule has 0 unspecified atom stereocenters. The first-order valence-electron chi connectivity index (χ1n) is 10.2. The molecule has 33 heavy (non-hydrogen) atoms. The summed E-state index contributed by atoms with van der Waals surface area (Å²) >= 11 is 1.22. The summed E-state index contributed by atoms with van der Waals surface area (Å²) in [6.45, 7) is 2.11. The molecule has 12 heteroatoms. The van der Waals surface area contributed by atoms with Gasteiger partial charge in [-0.25, -0.2) is 13.1 Å². The summed E-state index contributed by atoms with van der Waals surface area (Å²) in [5.74, 6) is -0.258. The monoisotopic (exact) mass is 496 g/mol. The number of carbonyl (C=O) groups excluding carboxylic acids is 3. The van der Waals surface area contributed by atoms with Crippen LogP contribution in [0.2, 0.25) is 0 Å². The van der Waals surface area contributed by atoms with E-state index in [9.17, 15) is 22.8 Å². The van der Waals surface area contributed by atoms with Crippen LogP contribution in [0, 0.1) is 0 Å². The number of esters is 1. The third-order valence-electron chi connectivity index (χ3n) is 4.49. The van der Waals surface area contributed by atoms with Gasteiger partial charge in [-0.1, -0.05) is 0 Å². The highest BCUT2D eigenvalue weighted by Gasteiger charge is 2.19. The molecular formula is C21H24N2O8S2. The van der Waals surface area contributed by atoms with E-state index in [0.717, 1.165) is 4.88 Å². The lowest BCUT2D eigenvalue weighted by molar-refractivity contribution is -0.142. The topological polar surface area (TPSA) is 137 Å². The second-order valence-corrected chi connectivity index (χ2v) is 10.0. The van der Waals surface area contributed by atoms with Crippen LogP contribution in [0.15, 0.2) is 35.2 Å². The molecular weight excluding hydrogens is 472 g/mol. The predicted molar refractivity (Wildman–Crippen MR) is 119 cm³/mol. The highest BCUT2D eigenvalue weighted by molar-refractivity contribution is 7.89. The number of amides is 1. The summed E-state index contributed by atoms with van der Waals surface area (Å²) in [6.07, 6.45) is 0.159. The molecule has 0 atom stereocenters. The zero-order valence-electron chi connectivity index (χ0n) is 17.9. The summed E-state index contributed by atoms with van der Waals surface area (Å²) < 4.78 is 43.0. The van der Waals surface area contributed by atoms with Crippen LogP contribution in [0.25, 0.3) is 0 Å². The van der Waals surface area contributed by atoms with Gasteiger partial charge in [0.25, 0.3) is 0 Å². The Morgan fingerprint density at radius 2 is 1.85 bits per heavy atom. The molecule has 0 spiro atoms. The normalized spacial score (nSPS) is 12.8. The minimum Gasteiger partial charge on any atom is -0.486 e. The Kier molecular flexibility index (Phi) is 8.42. The molecule has 0 bridgehead atoms. The van der Waals surface area contributed by atoms with Crippen molar-refractivity contribution in [2.45, 2.75) is 31.2 Å². The maximum absolute atomic E-state index is 12.4. The Balaban J connectivity index is 1.38. The largest absolute Gasteiger partial charge is 0.486 e. The van der Waals surface area contributed by atoms with Crippen LogP contribution >= 0.6 is 11.3 Å². The zero-order valence-corrected chi connectivity index (χ0v) is 19.6. The molecule has 0 saturated heterocycles. The van der Waals surface area contributed by atoms with Crippen molar-refractivity contribution >= 4 is 39.0 Å². The molecule has 178 valence electrons. The van der Waals surface area contributed by atoms with Crippen LogP contribution in [0.1, 0.15) is 34.3 Å². The molecule has 2 heterocycles. The first kappa shape index (κ1) is 24.7. The van der Waals surface area contributed by atoms with Crippen molar-refractivity contribution < 1.29 is 37.0 Å². The lowest BCUT2D eigenvalue weighted by atomic mass is 10.3. The van der Waals surface area contributed by atoms with Gasteiger partial charge in [0.15, 0.2) is 18.1 Å². The quantitative estimate of drug-likeness (QED) is 0.272. The van der Waals surface area contributed by atoms with E-state index in [1.54, 1.807) is 12.1 Å². The van der Waals surface area contributed by atoms with Crippen molar-refractivity contribution in [1.82, 2.24) is 10.0 Å². The molecule has 2 aromatic rings. The SMILES string of the molecule is CC(=O)NCc1ccc(C(=O)COC(=O)CCCNS(=O)(=O)c2ccc3c(c2)OCCO3)s1. The minimum absolute atomic E-state index is 0.0251. The number of hydrogen-bond acceptors (Lipinski definition) is 9. The van der Waals surface area contributed by atoms with Gasteiger partial charge in [0.05, 0.1) is 16.3 Å². The van der Waals surface area contributed by atoms with E-state index in [1.165, 1.54) is 36.5 Å². The smallest absolute Gasteiger partial charge is 0.306 e. The van der Waals surface area contributed by atoms with Crippen molar-refractivity contribution in [3.63, 3.8) is 0 Å². The van der Waals surface area contributed by atoms with Gasteiger partial charge in [-0.05, 0) is 30.7 Å². The molecule has 0 radical (unpaired) electrons. The Morgan fingerprint density at radius 1 is 1.09 bits per heavy atom. The maximum atomic E-state index is 12.4. The fourth-order valence-corrected chi connectivity index (χ4v) is 4.80. The van der Waals surface area contributed by atoms with Gasteiger partial charge >= 0.3 is 5.97 Å². The van der Waals surface area contributed by atoms with Crippen molar-refractivity contribution in [2.75, 3.05) is 26.4 Å². The summed E-state index contributed by atoms with van der Waals surface area (Å²) in [4.78, 5) is 36.3. The molecule has 0 aliphatic carbocycles. The molecule has 3 rings (SSSR count). The van der Waals surface area contributed by atoms with Gasteiger partial charge in [0.2, 0.25) is 21.7 Å². The van der Waals surface area contributed by atoms with Crippen LogP contribution in [0.5, 0.6) is 11.5 Å². The lowest BCUT2D eigenvalue weighted by Gasteiger charge is -2.18. The molecule has 2 N–H and O–H groups in total. The Bertz CT molecular complexity index is 1130. The van der Waals surface area contributed by atoms with E-state index in [2.05, 4.69) is 10.0 Å². The van der Waals surface area contributed by atoms with Crippen molar-refractivity contribution in [1.29, 1.82) is 0 Å². The lowest BCUT2D eigenvalue weighted by Crippen LogP contribution is -2.26. The molecule has 0 saturated carbocycles. The number of nitrogens with one attached hydrogen (secondary N) is 2. The molecule has 1 aromatic carbocycles. The van der Waals surface area contributed by atoms with Crippen LogP contribution in [-0.2, 0) is 30.9 Å².